The van der Waals surface area contributed by atoms with Crippen LogP contribution in [0.2, 0.25) is 0 Å². The third kappa shape index (κ3) is 5.63. The molecule has 0 atom stereocenters. The fourth-order valence-corrected chi connectivity index (χ4v) is 3.05. The Hall–Kier alpha value is -3.24. The topological polar surface area (TPSA) is 128 Å². The summed E-state index contributed by atoms with van der Waals surface area (Å²) >= 11 is 0. The Labute approximate surface area is 162 Å². The van der Waals surface area contributed by atoms with Crippen molar-refractivity contribution in [1.29, 1.82) is 0 Å². The number of nitrogens with zero attached hydrogens (tertiary/aromatic N) is 1. The normalized spacial score (nSPS) is 11.4. The molecule has 1 amide bonds. The molecule has 2 aromatic carbocycles. The van der Waals surface area contributed by atoms with E-state index in [-0.39, 0.29) is 10.6 Å². The average Bonchev–Trinajstić information content (AvgIpc) is 2.66. The quantitative estimate of drug-likeness (QED) is 0.394. The monoisotopic (exact) mass is 405 g/mol. The molecule has 28 heavy (non-hydrogen) atoms. The summed E-state index contributed by atoms with van der Waals surface area (Å²) in [5, 5.41) is 10.9. The number of sulfonamides is 1. The van der Waals surface area contributed by atoms with Crippen molar-refractivity contribution in [1.82, 2.24) is 10.3 Å². The minimum atomic E-state index is -4.16. The van der Waals surface area contributed by atoms with Gasteiger partial charge in [-0.2, -0.15) is 0 Å². The second-order valence-corrected chi connectivity index (χ2v) is 7.32. The summed E-state index contributed by atoms with van der Waals surface area (Å²) in [6.45, 7) is 3.91. The summed E-state index contributed by atoms with van der Waals surface area (Å²) in [5.41, 5.74) is 2.74. The number of rotatable bonds is 8. The molecule has 0 saturated carbocycles. The van der Waals surface area contributed by atoms with Gasteiger partial charge in [-0.25, -0.2) is 8.42 Å². The number of hydrazine groups is 1. The highest BCUT2D eigenvalue weighted by Crippen LogP contribution is 2.21. The van der Waals surface area contributed by atoms with Crippen molar-refractivity contribution in [2.75, 3.05) is 6.61 Å². The lowest BCUT2D eigenvalue weighted by Gasteiger charge is -2.07. The zero-order chi connectivity index (χ0) is 20.7. The number of hydrogen-bond acceptors (Lipinski definition) is 6. The number of carbonyl (C=O) groups is 1. The lowest BCUT2D eigenvalue weighted by atomic mass is 10.2. The number of carbonyl (C=O) groups excluding carboxylic acids is 1. The van der Waals surface area contributed by atoms with E-state index in [2.05, 4.69) is 0 Å². The molecule has 0 spiro atoms. The van der Waals surface area contributed by atoms with Crippen LogP contribution in [0.5, 0.6) is 5.75 Å². The number of nitro groups is 1. The van der Waals surface area contributed by atoms with Gasteiger partial charge in [0.2, 0.25) is 0 Å². The van der Waals surface area contributed by atoms with Gasteiger partial charge in [-0.15, -0.1) is 4.83 Å². The lowest BCUT2D eigenvalue weighted by molar-refractivity contribution is -0.385. The van der Waals surface area contributed by atoms with Crippen LogP contribution in [0.15, 0.2) is 53.4 Å². The number of amides is 1. The second kappa shape index (κ2) is 9.11. The molecular formula is C18H19N3O6S. The summed E-state index contributed by atoms with van der Waals surface area (Å²) in [4.78, 5) is 23.7. The molecule has 2 aromatic rings. The van der Waals surface area contributed by atoms with Crippen LogP contribution >= 0.6 is 0 Å². The molecule has 0 unspecified atom stereocenters. The Morgan fingerprint density at radius 1 is 1.21 bits per heavy atom. The van der Waals surface area contributed by atoms with Crippen LogP contribution in [0.4, 0.5) is 5.69 Å². The molecule has 0 aromatic heterocycles. The molecule has 2 N–H and O–H groups in total. The van der Waals surface area contributed by atoms with Crippen molar-refractivity contribution in [3.05, 3.63) is 69.8 Å². The van der Waals surface area contributed by atoms with E-state index in [1.54, 1.807) is 24.3 Å². The molecule has 9 nitrogen and oxygen atoms in total. The number of ether oxygens (including phenoxy) is 1. The van der Waals surface area contributed by atoms with Gasteiger partial charge in [0.25, 0.3) is 21.6 Å². The Kier molecular flexibility index (Phi) is 6.85. The SMILES string of the molecule is CCOc1ccc(/C=C/C(=O)NNS(=O)(=O)c2ccc(C)c([N+](=O)[O-])c2)cc1. The molecule has 0 bridgehead atoms. The Balaban J connectivity index is 2.01. The Morgan fingerprint density at radius 3 is 2.50 bits per heavy atom. The van der Waals surface area contributed by atoms with Crippen molar-refractivity contribution in [3.8, 4) is 5.75 Å². The van der Waals surface area contributed by atoms with Crippen LogP contribution in [-0.2, 0) is 14.8 Å². The van der Waals surface area contributed by atoms with Crippen molar-refractivity contribution < 1.29 is 22.9 Å². The first-order chi connectivity index (χ1) is 13.2. The van der Waals surface area contributed by atoms with Gasteiger partial charge in [0, 0.05) is 17.7 Å². The number of nitro benzene ring substituents is 1. The highest BCUT2D eigenvalue weighted by atomic mass is 32.2. The average molecular weight is 405 g/mol. The maximum absolute atomic E-state index is 12.2. The van der Waals surface area contributed by atoms with Gasteiger partial charge in [-0.05, 0) is 43.7 Å². The minimum Gasteiger partial charge on any atom is -0.494 e. The van der Waals surface area contributed by atoms with E-state index in [1.807, 2.05) is 17.2 Å². The summed E-state index contributed by atoms with van der Waals surface area (Å²) in [7, 11) is -4.16. The largest absolute Gasteiger partial charge is 0.494 e. The van der Waals surface area contributed by atoms with E-state index >= 15 is 0 Å². The summed E-state index contributed by atoms with van der Waals surface area (Å²) < 4.78 is 29.7. The molecule has 10 heteroatoms. The van der Waals surface area contributed by atoms with Crippen molar-refractivity contribution in [2.24, 2.45) is 0 Å². The highest BCUT2D eigenvalue weighted by Gasteiger charge is 2.20. The maximum Gasteiger partial charge on any atom is 0.273 e. The molecule has 148 valence electrons. The third-order valence-corrected chi connectivity index (χ3v) is 4.86. The smallest absolute Gasteiger partial charge is 0.273 e. The fraction of sp³-hybridized carbons (Fsp3) is 0.167. The number of benzene rings is 2. The number of aryl methyl sites for hydroxylation is 1. The van der Waals surface area contributed by atoms with Gasteiger partial charge >= 0.3 is 0 Å². The Bertz CT molecular complexity index is 1000. The van der Waals surface area contributed by atoms with Crippen LogP contribution in [0.3, 0.4) is 0 Å². The molecule has 0 aliphatic heterocycles. The molecule has 0 saturated heterocycles. The van der Waals surface area contributed by atoms with Crippen LogP contribution in [0.1, 0.15) is 18.1 Å². The first-order valence-corrected chi connectivity index (χ1v) is 9.69. The molecule has 0 aliphatic rings. The standard InChI is InChI=1S/C18H19N3O6S/c1-3-27-15-8-5-14(6-9-15)7-11-18(22)19-20-28(25,26)16-10-4-13(2)17(12-16)21(23)24/h4-12,20H,3H2,1-2H3,(H,19,22)/b11-7+. The predicted octanol–water partition coefficient (Wildman–Crippen LogP) is 2.32. The van der Waals surface area contributed by atoms with E-state index in [0.29, 0.717) is 17.9 Å². The van der Waals surface area contributed by atoms with Crippen molar-refractivity contribution >= 4 is 27.7 Å². The summed E-state index contributed by atoms with van der Waals surface area (Å²) in [6, 6.07) is 10.4. The summed E-state index contributed by atoms with van der Waals surface area (Å²) in [6.07, 6.45) is 2.64. The number of nitrogens with one attached hydrogen (secondary N) is 2. The van der Waals surface area contributed by atoms with E-state index in [0.717, 1.165) is 17.7 Å². The molecular weight excluding hydrogens is 386 g/mol. The second-order valence-electron chi connectivity index (χ2n) is 5.64. The highest BCUT2D eigenvalue weighted by molar-refractivity contribution is 7.89. The zero-order valence-electron chi connectivity index (χ0n) is 15.2. The van der Waals surface area contributed by atoms with Gasteiger partial charge in [0.05, 0.1) is 16.4 Å². The van der Waals surface area contributed by atoms with Crippen LogP contribution in [0.25, 0.3) is 6.08 Å². The van der Waals surface area contributed by atoms with Crippen molar-refractivity contribution in [2.45, 2.75) is 18.7 Å². The third-order valence-electron chi connectivity index (χ3n) is 3.61. The predicted molar refractivity (Wildman–Crippen MR) is 103 cm³/mol. The van der Waals surface area contributed by atoms with Crippen LogP contribution in [-0.4, -0.2) is 25.9 Å². The molecule has 2 rings (SSSR count). The van der Waals surface area contributed by atoms with E-state index in [1.165, 1.54) is 25.1 Å². The van der Waals surface area contributed by atoms with Crippen LogP contribution < -0.4 is 15.0 Å². The Morgan fingerprint density at radius 2 is 1.89 bits per heavy atom. The zero-order valence-corrected chi connectivity index (χ0v) is 16.0. The first-order valence-electron chi connectivity index (χ1n) is 8.20. The lowest BCUT2D eigenvalue weighted by Crippen LogP contribution is -2.40. The van der Waals surface area contributed by atoms with Gasteiger partial charge in [-0.1, -0.05) is 18.2 Å². The molecule has 0 heterocycles. The van der Waals surface area contributed by atoms with Gasteiger partial charge in [-0.3, -0.25) is 20.3 Å². The van der Waals surface area contributed by atoms with Crippen LogP contribution in [0, 0.1) is 17.0 Å². The molecule has 0 fully saturated rings. The maximum atomic E-state index is 12.2. The minimum absolute atomic E-state index is 0.325. The van der Waals surface area contributed by atoms with Crippen molar-refractivity contribution in [3.63, 3.8) is 0 Å². The molecule has 0 radical (unpaired) electrons. The molecule has 0 aliphatic carbocycles. The fourth-order valence-electron chi connectivity index (χ4n) is 2.18. The van der Waals surface area contributed by atoms with E-state index in [9.17, 15) is 23.3 Å². The van der Waals surface area contributed by atoms with E-state index in [4.69, 9.17) is 4.74 Å². The number of hydrogen-bond donors (Lipinski definition) is 2. The summed E-state index contributed by atoms with van der Waals surface area (Å²) in [5.74, 6) is -0.0110. The first kappa shape index (κ1) is 21.1. The van der Waals surface area contributed by atoms with E-state index < -0.39 is 20.9 Å². The van der Waals surface area contributed by atoms with Gasteiger partial charge in [0.1, 0.15) is 5.75 Å². The van der Waals surface area contributed by atoms with Gasteiger partial charge < -0.3 is 4.74 Å². The van der Waals surface area contributed by atoms with Gasteiger partial charge in [0.15, 0.2) is 0 Å².